The van der Waals surface area contributed by atoms with Crippen molar-refractivity contribution in [2.45, 2.75) is 50.6 Å². The monoisotopic (exact) mass is 344 g/mol. The highest BCUT2D eigenvalue weighted by Crippen LogP contribution is 2.19. The maximum absolute atomic E-state index is 12.0. The van der Waals surface area contributed by atoms with Crippen LogP contribution >= 0.6 is 0 Å². The standard InChI is InChI=1S/C19H28N4O2/c24-18(21-15-6-4-5-7-15)10-12-20-19(25)22-16-11-13-23(14-16)17-8-2-1-3-9-17/h1-3,8-9,15-16H,4-7,10-14H2,(H,21,24)(H2,20,22,25)/t16-/m0/s1. The molecule has 3 amide bonds. The molecule has 25 heavy (non-hydrogen) atoms. The first-order chi connectivity index (χ1) is 12.2. The molecule has 136 valence electrons. The topological polar surface area (TPSA) is 73.5 Å². The van der Waals surface area contributed by atoms with Crippen molar-refractivity contribution in [3.8, 4) is 0 Å². The third kappa shape index (κ3) is 5.37. The van der Waals surface area contributed by atoms with Gasteiger partial charge in [0.2, 0.25) is 5.91 Å². The predicted molar refractivity (Wildman–Crippen MR) is 98.6 cm³/mol. The molecule has 0 unspecified atom stereocenters. The molecule has 1 aliphatic heterocycles. The SMILES string of the molecule is O=C(CCNC(=O)N[C@H]1CCN(c2ccccc2)C1)NC1CCCC1. The van der Waals surface area contributed by atoms with E-state index < -0.39 is 0 Å². The van der Waals surface area contributed by atoms with Crippen LogP contribution in [0.4, 0.5) is 10.5 Å². The van der Waals surface area contributed by atoms with E-state index in [0.29, 0.717) is 19.0 Å². The van der Waals surface area contributed by atoms with Crippen molar-refractivity contribution in [1.82, 2.24) is 16.0 Å². The van der Waals surface area contributed by atoms with Gasteiger partial charge in [-0.3, -0.25) is 4.79 Å². The normalized spacial score (nSPS) is 20.5. The lowest BCUT2D eigenvalue weighted by Gasteiger charge is -2.19. The number of nitrogens with zero attached hydrogens (tertiary/aromatic N) is 1. The molecule has 1 heterocycles. The van der Waals surface area contributed by atoms with Crippen molar-refractivity contribution in [3.05, 3.63) is 30.3 Å². The van der Waals surface area contributed by atoms with Crippen LogP contribution in [0.5, 0.6) is 0 Å². The number of hydrogen-bond donors (Lipinski definition) is 3. The van der Waals surface area contributed by atoms with Gasteiger partial charge in [-0.25, -0.2) is 4.79 Å². The Morgan fingerprint density at radius 3 is 2.52 bits per heavy atom. The molecule has 1 saturated heterocycles. The van der Waals surface area contributed by atoms with Crippen LogP contribution in [0.15, 0.2) is 30.3 Å². The van der Waals surface area contributed by atoms with E-state index in [1.807, 2.05) is 18.2 Å². The van der Waals surface area contributed by atoms with Crippen molar-refractivity contribution >= 4 is 17.6 Å². The Morgan fingerprint density at radius 1 is 1.00 bits per heavy atom. The second-order valence-electron chi connectivity index (χ2n) is 6.97. The van der Waals surface area contributed by atoms with E-state index in [1.54, 1.807) is 0 Å². The van der Waals surface area contributed by atoms with Gasteiger partial charge in [-0.2, -0.15) is 0 Å². The Labute approximate surface area is 149 Å². The van der Waals surface area contributed by atoms with E-state index in [4.69, 9.17) is 0 Å². The molecule has 0 radical (unpaired) electrons. The number of nitrogens with one attached hydrogen (secondary N) is 3. The second-order valence-corrected chi connectivity index (χ2v) is 6.97. The molecule has 3 N–H and O–H groups in total. The van der Waals surface area contributed by atoms with Gasteiger partial charge in [-0.1, -0.05) is 31.0 Å². The number of benzene rings is 1. The fraction of sp³-hybridized carbons (Fsp3) is 0.579. The van der Waals surface area contributed by atoms with Gasteiger partial charge in [-0.05, 0) is 31.4 Å². The Balaban J connectivity index is 1.31. The van der Waals surface area contributed by atoms with E-state index in [1.165, 1.54) is 18.5 Å². The van der Waals surface area contributed by atoms with E-state index >= 15 is 0 Å². The molecule has 2 aliphatic rings. The van der Waals surface area contributed by atoms with E-state index in [-0.39, 0.29) is 18.0 Å². The summed E-state index contributed by atoms with van der Waals surface area (Å²) in [4.78, 5) is 26.1. The number of urea groups is 1. The summed E-state index contributed by atoms with van der Waals surface area (Å²) in [6.45, 7) is 2.14. The van der Waals surface area contributed by atoms with Crippen molar-refractivity contribution in [3.63, 3.8) is 0 Å². The minimum atomic E-state index is -0.187. The van der Waals surface area contributed by atoms with Gasteiger partial charge in [-0.15, -0.1) is 0 Å². The van der Waals surface area contributed by atoms with Crippen LogP contribution in [-0.2, 0) is 4.79 Å². The molecule has 1 aliphatic carbocycles. The van der Waals surface area contributed by atoms with Gasteiger partial charge in [0.25, 0.3) is 0 Å². The Kier molecular flexibility index (Phi) is 6.14. The zero-order valence-electron chi connectivity index (χ0n) is 14.7. The minimum Gasteiger partial charge on any atom is -0.369 e. The molecule has 0 spiro atoms. The average molecular weight is 344 g/mol. The second kappa shape index (κ2) is 8.74. The molecule has 3 rings (SSSR count). The van der Waals surface area contributed by atoms with Crippen LogP contribution in [0, 0.1) is 0 Å². The summed E-state index contributed by atoms with van der Waals surface area (Å²) >= 11 is 0. The summed E-state index contributed by atoms with van der Waals surface area (Å²) < 4.78 is 0. The first-order valence-corrected chi connectivity index (χ1v) is 9.34. The third-order valence-electron chi connectivity index (χ3n) is 5.00. The number of carbonyl (C=O) groups is 2. The quantitative estimate of drug-likeness (QED) is 0.739. The Bertz CT molecular complexity index is 572. The fourth-order valence-electron chi connectivity index (χ4n) is 3.65. The summed E-state index contributed by atoms with van der Waals surface area (Å²) in [5.74, 6) is 0.0309. The summed E-state index contributed by atoms with van der Waals surface area (Å²) in [5, 5.41) is 8.82. The lowest BCUT2D eigenvalue weighted by Crippen LogP contribution is -2.44. The smallest absolute Gasteiger partial charge is 0.315 e. The largest absolute Gasteiger partial charge is 0.369 e. The molecular formula is C19H28N4O2. The van der Waals surface area contributed by atoms with E-state index in [2.05, 4.69) is 33.0 Å². The zero-order valence-corrected chi connectivity index (χ0v) is 14.7. The molecule has 0 bridgehead atoms. The van der Waals surface area contributed by atoms with Gasteiger partial charge in [0, 0.05) is 43.8 Å². The highest BCUT2D eigenvalue weighted by molar-refractivity contribution is 5.78. The minimum absolute atomic E-state index is 0.0309. The number of anilines is 1. The molecule has 1 aromatic carbocycles. The first-order valence-electron chi connectivity index (χ1n) is 9.34. The lowest BCUT2D eigenvalue weighted by molar-refractivity contribution is -0.121. The Morgan fingerprint density at radius 2 is 1.76 bits per heavy atom. The zero-order chi connectivity index (χ0) is 17.5. The maximum Gasteiger partial charge on any atom is 0.315 e. The molecule has 6 heteroatoms. The molecule has 0 aromatic heterocycles. The maximum atomic E-state index is 12.0. The van der Waals surface area contributed by atoms with Gasteiger partial charge >= 0.3 is 6.03 Å². The first kappa shape index (κ1) is 17.6. The van der Waals surface area contributed by atoms with Gasteiger partial charge in [0.1, 0.15) is 0 Å². The van der Waals surface area contributed by atoms with Gasteiger partial charge in [0.15, 0.2) is 0 Å². The molecular weight excluding hydrogens is 316 g/mol. The van der Waals surface area contributed by atoms with Crippen LogP contribution in [0.25, 0.3) is 0 Å². The van der Waals surface area contributed by atoms with E-state index in [9.17, 15) is 9.59 Å². The number of para-hydroxylation sites is 1. The van der Waals surface area contributed by atoms with Crippen LogP contribution < -0.4 is 20.9 Å². The third-order valence-corrected chi connectivity index (χ3v) is 5.00. The molecule has 1 saturated carbocycles. The van der Waals surface area contributed by atoms with Crippen molar-refractivity contribution in [1.29, 1.82) is 0 Å². The van der Waals surface area contributed by atoms with Gasteiger partial charge in [0.05, 0.1) is 0 Å². The van der Waals surface area contributed by atoms with Crippen LogP contribution in [-0.4, -0.2) is 43.7 Å². The molecule has 1 atom stereocenters. The number of carbonyl (C=O) groups excluding carboxylic acids is 2. The summed E-state index contributed by atoms with van der Waals surface area (Å²) in [5.41, 5.74) is 1.19. The lowest BCUT2D eigenvalue weighted by atomic mass is 10.2. The average Bonchev–Trinajstić information content (AvgIpc) is 3.27. The molecule has 6 nitrogen and oxygen atoms in total. The number of amides is 3. The molecule has 2 fully saturated rings. The highest BCUT2D eigenvalue weighted by atomic mass is 16.2. The number of hydrogen-bond acceptors (Lipinski definition) is 3. The van der Waals surface area contributed by atoms with Crippen molar-refractivity contribution < 1.29 is 9.59 Å². The number of rotatable bonds is 6. The van der Waals surface area contributed by atoms with Crippen LogP contribution in [0.1, 0.15) is 38.5 Å². The Hall–Kier alpha value is -2.24. The van der Waals surface area contributed by atoms with E-state index in [0.717, 1.165) is 32.4 Å². The summed E-state index contributed by atoms with van der Waals surface area (Å²) in [6.07, 6.45) is 5.84. The van der Waals surface area contributed by atoms with Crippen molar-refractivity contribution in [2.75, 3.05) is 24.5 Å². The fourth-order valence-corrected chi connectivity index (χ4v) is 3.65. The molecule has 1 aromatic rings. The predicted octanol–water partition coefficient (Wildman–Crippen LogP) is 2.01. The highest BCUT2D eigenvalue weighted by Gasteiger charge is 2.24. The van der Waals surface area contributed by atoms with Gasteiger partial charge < -0.3 is 20.9 Å². The van der Waals surface area contributed by atoms with Crippen molar-refractivity contribution in [2.24, 2.45) is 0 Å². The van der Waals surface area contributed by atoms with Crippen LogP contribution in [0.3, 0.4) is 0 Å². The summed E-state index contributed by atoms with van der Waals surface area (Å²) in [7, 11) is 0. The van der Waals surface area contributed by atoms with Crippen LogP contribution in [0.2, 0.25) is 0 Å². The summed E-state index contributed by atoms with van der Waals surface area (Å²) in [6, 6.07) is 10.5.